The molecule has 1 aliphatic rings. The van der Waals surface area contributed by atoms with Gasteiger partial charge in [-0.2, -0.15) is 0 Å². The van der Waals surface area contributed by atoms with Crippen LogP contribution in [0.25, 0.3) is 0 Å². The van der Waals surface area contributed by atoms with Crippen molar-refractivity contribution < 1.29 is 10.2 Å². The molecule has 2 unspecified atom stereocenters. The maximum absolute atomic E-state index is 11.8. The molecule has 1 aliphatic carbocycles. The van der Waals surface area contributed by atoms with Crippen LogP contribution in [0.5, 0.6) is 0 Å². The molecule has 0 amide bonds. The van der Waals surface area contributed by atoms with E-state index in [2.05, 4.69) is 13.8 Å². The van der Waals surface area contributed by atoms with E-state index in [9.17, 15) is 10.2 Å². The molecule has 2 N–H and O–H groups in total. The molecule has 1 fully saturated rings. The molecule has 0 radical (unpaired) electrons. The first-order valence-electron chi connectivity index (χ1n) is 9.49. The predicted octanol–water partition coefficient (Wildman–Crippen LogP) is 3.71. The van der Waals surface area contributed by atoms with E-state index in [0.717, 1.165) is 22.5 Å². The highest BCUT2D eigenvalue weighted by Gasteiger charge is 2.61. The van der Waals surface area contributed by atoms with Crippen molar-refractivity contribution >= 4 is 11.4 Å². The molecule has 0 heterocycles. The highest BCUT2D eigenvalue weighted by Crippen LogP contribution is 2.59. The molecule has 4 heteroatoms. The average molecular weight is 369 g/mol. The Morgan fingerprint density at radius 1 is 0.630 bits per heavy atom. The number of hydrogen-bond donors (Lipinski definition) is 2. The summed E-state index contributed by atoms with van der Waals surface area (Å²) in [6.45, 7) is 4.22. The molecule has 2 atom stereocenters. The second kappa shape index (κ2) is 6.54. The fourth-order valence-electron chi connectivity index (χ4n) is 4.49. The van der Waals surface area contributed by atoms with E-state index in [1.165, 1.54) is 0 Å². The van der Waals surface area contributed by atoms with Gasteiger partial charge in [-0.15, -0.1) is 0 Å². The second-order valence-corrected chi connectivity index (χ2v) is 9.12. The standard InChI is InChI=1S/C23H32N2O2/c1-21(2)15-22(26,17-7-11-19(12-8-17)24(3)4)23(27,16-21)18-9-13-20(14-10-18)25(5)6/h7-14,26-27H,15-16H2,1-6H3. The molecule has 146 valence electrons. The van der Waals surface area contributed by atoms with E-state index in [4.69, 9.17) is 0 Å². The normalized spacial score (nSPS) is 26.8. The molecular formula is C23H32N2O2. The van der Waals surface area contributed by atoms with Crippen molar-refractivity contribution in [1.82, 2.24) is 0 Å². The molecule has 27 heavy (non-hydrogen) atoms. The Labute approximate surface area is 163 Å². The van der Waals surface area contributed by atoms with Gasteiger partial charge in [-0.1, -0.05) is 38.1 Å². The maximum Gasteiger partial charge on any atom is 0.123 e. The van der Waals surface area contributed by atoms with E-state index in [1.54, 1.807) is 0 Å². The summed E-state index contributed by atoms with van der Waals surface area (Å²) in [5, 5.41) is 23.6. The zero-order valence-corrected chi connectivity index (χ0v) is 17.3. The van der Waals surface area contributed by atoms with Gasteiger partial charge in [0.1, 0.15) is 11.2 Å². The summed E-state index contributed by atoms with van der Waals surface area (Å²) in [4.78, 5) is 4.05. The van der Waals surface area contributed by atoms with Crippen LogP contribution in [0.15, 0.2) is 48.5 Å². The fourth-order valence-corrected chi connectivity index (χ4v) is 4.49. The molecule has 0 bridgehead atoms. The summed E-state index contributed by atoms with van der Waals surface area (Å²) in [6, 6.07) is 15.7. The summed E-state index contributed by atoms with van der Waals surface area (Å²) in [7, 11) is 7.96. The average Bonchev–Trinajstić information content (AvgIpc) is 2.81. The third-order valence-electron chi connectivity index (χ3n) is 5.88. The van der Waals surface area contributed by atoms with Crippen LogP contribution >= 0.6 is 0 Å². The molecule has 4 nitrogen and oxygen atoms in total. The zero-order chi connectivity index (χ0) is 20.0. The van der Waals surface area contributed by atoms with Crippen molar-refractivity contribution in [1.29, 1.82) is 0 Å². The Kier molecular flexibility index (Phi) is 4.77. The lowest BCUT2D eigenvalue weighted by Gasteiger charge is -2.39. The van der Waals surface area contributed by atoms with Gasteiger partial charge in [-0.3, -0.25) is 0 Å². The molecule has 1 saturated carbocycles. The monoisotopic (exact) mass is 368 g/mol. The Bertz CT molecular complexity index is 729. The number of nitrogens with zero attached hydrogens (tertiary/aromatic N) is 2. The fraction of sp³-hybridized carbons (Fsp3) is 0.478. The molecule has 0 saturated heterocycles. The Morgan fingerprint density at radius 2 is 0.926 bits per heavy atom. The van der Waals surface area contributed by atoms with Gasteiger partial charge in [0.05, 0.1) is 0 Å². The number of rotatable bonds is 4. The molecule has 0 spiro atoms. The van der Waals surface area contributed by atoms with E-state index < -0.39 is 11.2 Å². The minimum Gasteiger partial charge on any atom is -0.382 e. The third kappa shape index (κ3) is 3.32. The molecule has 2 aromatic carbocycles. The molecule has 0 aromatic heterocycles. The molecule has 0 aliphatic heterocycles. The van der Waals surface area contributed by atoms with Gasteiger partial charge in [0.2, 0.25) is 0 Å². The lowest BCUT2D eigenvalue weighted by molar-refractivity contribution is -0.143. The lowest BCUT2D eigenvalue weighted by atomic mass is 9.76. The maximum atomic E-state index is 11.8. The van der Waals surface area contributed by atoms with Crippen molar-refractivity contribution in [3.8, 4) is 0 Å². The Balaban J connectivity index is 2.08. The van der Waals surface area contributed by atoms with Gasteiger partial charge in [0.15, 0.2) is 0 Å². The van der Waals surface area contributed by atoms with Crippen LogP contribution in [0, 0.1) is 5.41 Å². The zero-order valence-electron chi connectivity index (χ0n) is 17.3. The third-order valence-corrected chi connectivity index (χ3v) is 5.88. The van der Waals surface area contributed by atoms with Crippen molar-refractivity contribution in [3.05, 3.63) is 59.7 Å². The Morgan fingerprint density at radius 3 is 1.19 bits per heavy atom. The van der Waals surface area contributed by atoms with Crippen LogP contribution in [-0.4, -0.2) is 38.4 Å². The summed E-state index contributed by atoms with van der Waals surface area (Å²) >= 11 is 0. The van der Waals surface area contributed by atoms with E-state index in [1.807, 2.05) is 86.5 Å². The van der Waals surface area contributed by atoms with Gasteiger partial charge in [-0.25, -0.2) is 0 Å². The largest absolute Gasteiger partial charge is 0.382 e. The Hall–Kier alpha value is -2.04. The highest BCUT2D eigenvalue weighted by molar-refractivity contribution is 5.51. The topological polar surface area (TPSA) is 46.9 Å². The van der Waals surface area contributed by atoms with Crippen LogP contribution in [0.1, 0.15) is 37.8 Å². The molecule has 2 aromatic rings. The van der Waals surface area contributed by atoms with Crippen LogP contribution in [0.2, 0.25) is 0 Å². The van der Waals surface area contributed by atoms with Gasteiger partial charge in [0, 0.05) is 39.6 Å². The minimum absolute atomic E-state index is 0.177. The van der Waals surface area contributed by atoms with Crippen molar-refractivity contribution in [2.75, 3.05) is 38.0 Å². The van der Waals surface area contributed by atoms with Crippen LogP contribution in [-0.2, 0) is 11.2 Å². The van der Waals surface area contributed by atoms with Crippen molar-refractivity contribution in [2.45, 2.75) is 37.9 Å². The number of benzene rings is 2. The first kappa shape index (κ1) is 19.7. The van der Waals surface area contributed by atoms with Crippen LogP contribution in [0.3, 0.4) is 0 Å². The van der Waals surface area contributed by atoms with Gasteiger partial charge in [0.25, 0.3) is 0 Å². The molecule has 3 rings (SSSR count). The summed E-state index contributed by atoms with van der Waals surface area (Å²) in [6.07, 6.45) is 1.01. The molecular weight excluding hydrogens is 336 g/mol. The number of hydrogen-bond acceptors (Lipinski definition) is 4. The first-order valence-corrected chi connectivity index (χ1v) is 9.49. The smallest absolute Gasteiger partial charge is 0.123 e. The van der Waals surface area contributed by atoms with Gasteiger partial charge >= 0.3 is 0 Å². The van der Waals surface area contributed by atoms with Crippen molar-refractivity contribution in [2.24, 2.45) is 5.41 Å². The summed E-state index contributed by atoms with van der Waals surface area (Å²) in [5.41, 5.74) is 0.819. The summed E-state index contributed by atoms with van der Waals surface area (Å²) in [5.74, 6) is 0. The van der Waals surface area contributed by atoms with Crippen LogP contribution < -0.4 is 9.80 Å². The van der Waals surface area contributed by atoms with Crippen molar-refractivity contribution in [3.63, 3.8) is 0 Å². The summed E-state index contributed by atoms with van der Waals surface area (Å²) < 4.78 is 0. The highest BCUT2D eigenvalue weighted by atomic mass is 16.4. The SMILES string of the molecule is CN(C)c1ccc(C2(O)CC(C)(C)CC2(O)c2ccc(N(C)C)cc2)cc1. The first-order chi connectivity index (χ1) is 12.5. The van der Waals surface area contributed by atoms with E-state index in [0.29, 0.717) is 12.8 Å². The van der Waals surface area contributed by atoms with Gasteiger partial charge < -0.3 is 20.0 Å². The lowest BCUT2D eigenvalue weighted by Crippen LogP contribution is -2.45. The van der Waals surface area contributed by atoms with Gasteiger partial charge in [-0.05, 0) is 53.6 Å². The second-order valence-electron chi connectivity index (χ2n) is 9.12. The van der Waals surface area contributed by atoms with E-state index in [-0.39, 0.29) is 5.41 Å². The number of aliphatic hydroxyl groups is 2. The minimum atomic E-state index is -1.33. The number of anilines is 2. The predicted molar refractivity (Wildman–Crippen MR) is 112 cm³/mol. The quantitative estimate of drug-likeness (QED) is 0.864. The van der Waals surface area contributed by atoms with E-state index >= 15 is 0 Å². The van der Waals surface area contributed by atoms with Crippen LogP contribution in [0.4, 0.5) is 11.4 Å².